The normalized spacial score (nSPS) is 21.2. The van der Waals surface area contributed by atoms with Crippen LogP contribution in [0, 0.1) is 6.92 Å². The number of nitrogens with zero attached hydrogens (tertiary/aromatic N) is 2. The average molecular weight is 461 g/mol. The van der Waals surface area contributed by atoms with Gasteiger partial charge in [-0.25, -0.2) is 8.42 Å². The molecule has 2 amide bonds. The predicted molar refractivity (Wildman–Crippen MR) is 128 cm³/mol. The highest BCUT2D eigenvalue weighted by atomic mass is 32.2. The van der Waals surface area contributed by atoms with Gasteiger partial charge in [0.1, 0.15) is 5.75 Å². The number of fused-ring (bicyclic) bond motifs is 2. The summed E-state index contributed by atoms with van der Waals surface area (Å²) < 4.78 is 27.3. The summed E-state index contributed by atoms with van der Waals surface area (Å²) in [7, 11) is -4.17. The first kappa shape index (κ1) is 21.4. The molecule has 5 rings (SSSR count). The number of carbonyl (C=O) groups excluding carboxylic acids is 2. The molecule has 1 spiro atoms. The van der Waals surface area contributed by atoms with E-state index in [0.29, 0.717) is 16.9 Å². The third-order valence-electron chi connectivity index (χ3n) is 6.59. The first-order chi connectivity index (χ1) is 15.8. The van der Waals surface area contributed by atoms with Crippen molar-refractivity contribution in [1.82, 2.24) is 0 Å². The molecule has 2 aliphatic heterocycles. The first-order valence-corrected chi connectivity index (χ1v) is 12.6. The molecule has 3 aromatic carbocycles. The molecule has 0 radical (unpaired) electrons. The number of amides is 2. The van der Waals surface area contributed by atoms with E-state index in [0.717, 1.165) is 23.1 Å². The van der Waals surface area contributed by atoms with Crippen molar-refractivity contribution in [3.63, 3.8) is 0 Å². The van der Waals surface area contributed by atoms with Crippen LogP contribution in [0.1, 0.15) is 29.2 Å². The van der Waals surface area contributed by atoms with Gasteiger partial charge in [-0.15, -0.1) is 0 Å². The van der Waals surface area contributed by atoms with Crippen molar-refractivity contribution >= 4 is 33.0 Å². The van der Waals surface area contributed by atoms with Crippen LogP contribution in [0.2, 0.25) is 0 Å². The molecule has 0 saturated carbocycles. The number of carbonyl (C=O) groups is 2. The Morgan fingerprint density at radius 1 is 0.939 bits per heavy atom. The molecule has 33 heavy (non-hydrogen) atoms. The van der Waals surface area contributed by atoms with E-state index in [-0.39, 0.29) is 6.54 Å². The van der Waals surface area contributed by atoms with Gasteiger partial charge in [0.05, 0.1) is 12.2 Å². The molecule has 0 aliphatic carbocycles. The van der Waals surface area contributed by atoms with Gasteiger partial charge >= 0.3 is 0 Å². The maximum Gasteiger partial charge on any atom is 0.274 e. The molecule has 3 aromatic rings. The fraction of sp³-hybridized carbons (Fsp3) is 0.231. The van der Waals surface area contributed by atoms with Crippen molar-refractivity contribution in [3.8, 4) is 0 Å². The Morgan fingerprint density at radius 2 is 1.67 bits per heavy atom. The van der Waals surface area contributed by atoms with Crippen molar-refractivity contribution in [2.24, 2.45) is 0 Å². The largest absolute Gasteiger partial charge is 0.304 e. The van der Waals surface area contributed by atoms with Crippen molar-refractivity contribution in [2.45, 2.75) is 31.7 Å². The highest BCUT2D eigenvalue weighted by molar-refractivity contribution is 7.94. The third-order valence-corrected chi connectivity index (χ3v) is 8.69. The molecule has 0 aromatic heterocycles. The number of anilines is 2. The molecule has 0 N–H and O–H groups in total. The Balaban J connectivity index is 1.75. The molecule has 1 saturated heterocycles. The van der Waals surface area contributed by atoms with Crippen molar-refractivity contribution < 1.29 is 18.0 Å². The number of aryl methyl sites for hydroxylation is 2. The lowest BCUT2D eigenvalue weighted by Gasteiger charge is -2.33. The topological polar surface area (TPSA) is 74.8 Å². The fourth-order valence-corrected chi connectivity index (χ4v) is 6.95. The van der Waals surface area contributed by atoms with E-state index in [9.17, 15) is 18.0 Å². The molecule has 2 aliphatic rings. The Bertz CT molecular complexity index is 1400. The second-order valence-corrected chi connectivity index (χ2v) is 10.6. The number of sulfone groups is 1. The van der Waals surface area contributed by atoms with Gasteiger partial charge < -0.3 is 4.90 Å². The van der Waals surface area contributed by atoms with E-state index in [4.69, 9.17) is 0 Å². The summed E-state index contributed by atoms with van der Waals surface area (Å²) >= 11 is 0. The summed E-state index contributed by atoms with van der Waals surface area (Å²) in [5, 5.41) is 0. The van der Waals surface area contributed by atoms with Crippen LogP contribution < -0.4 is 9.80 Å². The number of benzene rings is 3. The van der Waals surface area contributed by atoms with Crippen molar-refractivity contribution in [1.29, 1.82) is 0 Å². The van der Waals surface area contributed by atoms with E-state index in [1.165, 1.54) is 9.80 Å². The van der Waals surface area contributed by atoms with Gasteiger partial charge in [-0.05, 0) is 48.2 Å². The molecule has 1 atom stereocenters. The Kier molecular flexibility index (Phi) is 4.90. The van der Waals surface area contributed by atoms with E-state index < -0.39 is 32.3 Å². The molecule has 1 fully saturated rings. The van der Waals surface area contributed by atoms with E-state index in [1.54, 1.807) is 42.5 Å². The maximum atomic E-state index is 14.2. The Morgan fingerprint density at radius 3 is 2.42 bits per heavy atom. The lowest BCUT2D eigenvalue weighted by atomic mass is 10.0. The summed E-state index contributed by atoms with van der Waals surface area (Å²) in [6.07, 6.45) is 0.722. The molecular formula is C26H24N2O4S. The van der Waals surface area contributed by atoms with Gasteiger partial charge in [-0.2, -0.15) is 0 Å². The molecule has 0 bridgehead atoms. The maximum absolute atomic E-state index is 14.2. The SMILES string of the molecule is CCc1cccc(N2C(=O)CS(=O)(=O)C23C(=O)N(Cc2ccccc2C)c2ccccc23)c1. The van der Waals surface area contributed by atoms with E-state index in [2.05, 4.69) is 0 Å². The minimum Gasteiger partial charge on any atom is -0.304 e. The van der Waals surface area contributed by atoms with Crippen LogP contribution >= 0.6 is 0 Å². The predicted octanol–water partition coefficient (Wildman–Crippen LogP) is 3.72. The average Bonchev–Trinajstić information content (AvgIpc) is 3.18. The summed E-state index contributed by atoms with van der Waals surface area (Å²) in [5.41, 5.74) is 4.13. The van der Waals surface area contributed by atoms with Crippen LogP contribution in [0.5, 0.6) is 0 Å². The molecule has 6 nitrogen and oxygen atoms in total. The lowest BCUT2D eigenvalue weighted by Crippen LogP contribution is -2.54. The van der Waals surface area contributed by atoms with E-state index >= 15 is 0 Å². The Hall–Kier alpha value is -3.45. The van der Waals surface area contributed by atoms with Gasteiger partial charge in [0, 0.05) is 11.3 Å². The fourth-order valence-electron chi connectivity index (χ4n) is 4.92. The highest BCUT2D eigenvalue weighted by Crippen LogP contribution is 2.52. The zero-order chi connectivity index (χ0) is 23.4. The minimum absolute atomic E-state index is 0.219. The van der Waals surface area contributed by atoms with Crippen LogP contribution in [-0.2, 0) is 37.3 Å². The van der Waals surface area contributed by atoms with Gasteiger partial charge in [0.15, 0.2) is 9.84 Å². The smallest absolute Gasteiger partial charge is 0.274 e. The van der Waals surface area contributed by atoms with Gasteiger partial charge in [0.2, 0.25) is 5.91 Å². The second kappa shape index (κ2) is 7.56. The van der Waals surface area contributed by atoms with Crippen molar-refractivity contribution in [3.05, 3.63) is 95.1 Å². The zero-order valence-electron chi connectivity index (χ0n) is 18.5. The number of para-hydroxylation sites is 1. The van der Waals surface area contributed by atoms with E-state index in [1.807, 2.05) is 44.2 Å². The molecular weight excluding hydrogens is 436 g/mol. The first-order valence-electron chi connectivity index (χ1n) is 10.9. The van der Waals surface area contributed by atoms with Gasteiger partial charge in [-0.3, -0.25) is 14.5 Å². The van der Waals surface area contributed by atoms with Crippen LogP contribution in [-0.4, -0.2) is 26.0 Å². The van der Waals surface area contributed by atoms with Crippen molar-refractivity contribution in [2.75, 3.05) is 15.6 Å². The minimum atomic E-state index is -4.17. The van der Waals surface area contributed by atoms with Crippen LogP contribution in [0.25, 0.3) is 0 Å². The van der Waals surface area contributed by atoms with Gasteiger partial charge in [0.25, 0.3) is 10.8 Å². The molecule has 1 unspecified atom stereocenters. The van der Waals surface area contributed by atoms with Crippen LogP contribution in [0.15, 0.2) is 72.8 Å². The standard InChI is InChI=1S/C26H24N2O4S/c1-3-19-10-8-12-21(15-19)28-24(29)17-33(31,32)26(28)22-13-6-7-14-23(22)27(25(26)30)16-20-11-5-4-9-18(20)2/h4-15H,3,16-17H2,1-2H3. The summed E-state index contributed by atoms with van der Waals surface area (Å²) in [4.78, 5) is 28.0. The molecule has 2 heterocycles. The third kappa shape index (κ3) is 2.95. The highest BCUT2D eigenvalue weighted by Gasteiger charge is 2.69. The summed E-state index contributed by atoms with van der Waals surface area (Å²) in [6, 6.07) is 21.8. The van der Waals surface area contributed by atoms with Crippen LogP contribution in [0.3, 0.4) is 0 Å². The zero-order valence-corrected chi connectivity index (χ0v) is 19.3. The summed E-state index contributed by atoms with van der Waals surface area (Å²) in [5.74, 6) is -1.91. The summed E-state index contributed by atoms with van der Waals surface area (Å²) in [6.45, 7) is 4.16. The second-order valence-electron chi connectivity index (χ2n) is 8.49. The quantitative estimate of drug-likeness (QED) is 0.595. The molecule has 168 valence electrons. The molecule has 7 heteroatoms. The van der Waals surface area contributed by atoms with Crippen LogP contribution in [0.4, 0.5) is 11.4 Å². The Labute approximate surface area is 193 Å². The van der Waals surface area contributed by atoms with Gasteiger partial charge in [-0.1, -0.05) is 61.5 Å². The number of rotatable bonds is 4. The monoisotopic (exact) mass is 460 g/mol. The number of hydrogen-bond donors (Lipinski definition) is 0. The lowest BCUT2D eigenvalue weighted by molar-refractivity contribution is -0.123. The number of hydrogen-bond acceptors (Lipinski definition) is 4.